The van der Waals surface area contributed by atoms with Gasteiger partial charge in [0.05, 0.1) is 11.9 Å². The molecule has 1 fully saturated rings. The van der Waals surface area contributed by atoms with Crippen LogP contribution in [0.4, 0.5) is 5.69 Å². The molecule has 0 radical (unpaired) electrons. The molecule has 5 nitrogen and oxygen atoms in total. The summed E-state index contributed by atoms with van der Waals surface area (Å²) in [5.41, 5.74) is 1.31. The van der Waals surface area contributed by atoms with Crippen LogP contribution in [0.25, 0.3) is 0 Å². The van der Waals surface area contributed by atoms with Gasteiger partial charge in [0.2, 0.25) is 10.0 Å². The fourth-order valence-corrected chi connectivity index (χ4v) is 3.52. The van der Waals surface area contributed by atoms with Crippen LogP contribution in [0, 0.1) is 0 Å². The Morgan fingerprint density at radius 1 is 1.22 bits per heavy atom. The van der Waals surface area contributed by atoms with Crippen molar-refractivity contribution in [3.05, 3.63) is 29.8 Å². The van der Waals surface area contributed by atoms with Gasteiger partial charge in [-0.3, -0.25) is 4.72 Å². The van der Waals surface area contributed by atoms with E-state index >= 15 is 0 Å². The van der Waals surface area contributed by atoms with E-state index in [4.69, 9.17) is 5.11 Å². The number of hydrogen-bond acceptors (Lipinski definition) is 4. The van der Waals surface area contributed by atoms with Gasteiger partial charge in [-0.25, -0.2) is 8.42 Å². The molecule has 0 bridgehead atoms. The Morgan fingerprint density at radius 3 is 2.39 bits per heavy atom. The molecular formula is C12H18N2O3S. The van der Waals surface area contributed by atoms with Gasteiger partial charge in [-0.2, -0.15) is 0 Å². The van der Waals surface area contributed by atoms with E-state index in [1.165, 1.54) is 0 Å². The third kappa shape index (κ3) is 3.22. The summed E-state index contributed by atoms with van der Waals surface area (Å²) in [7, 11) is -3.31. The molecule has 1 aliphatic rings. The Morgan fingerprint density at radius 2 is 1.83 bits per heavy atom. The quantitative estimate of drug-likeness (QED) is 0.751. The molecule has 2 rings (SSSR count). The third-order valence-corrected chi connectivity index (χ3v) is 4.99. The molecule has 1 aromatic rings. The molecule has 18 heavy (non-hydrogen) atoms. The summed E-state index contributed by atoms with van der Waals surface area (Å²) in [6, 6.07) is 6.76. The van der Waals surface area contributed by atoms with E-state index in [9.17, 15) is 8.42 Å². The van der Waals surface area contributed by atoms with Crippen LogP contribution in [0.2, 0.25) is 0 Å². The lowest BCUT2D eigenvalue weighted by molar-refractivity contribution is 0.282. The van der Waals surface area contributed by atoms with Crippen LogP contribution in [-0.2, 0) is 16.6 Å². The molecule has 1 aliphatic heterocycles. The van der Waals surface area contributed by atoms with Crippen molar-refractivity contribution < 1.29 is 13.5 Å². The Kier molecular flexibility index (Phi) is 4.21. The second-order valence-corrected chi connectivity index (χ2v) is 6.41. The smallest absolute Gasteiger partial charge is 0.235 e. The molecule has 1 heterocycles. The zero-order chi connectivity index (χ0) is 13.0. The van der Waals surface area contributed by atoms with Crippen molar-refractivity contribution in [2.45, 2.75) is 24.7 Å². The van der Waals surface area contributed by atoms with E-state index in [0.29, 0.717) is 18.5 Å². The van der Waals surface area contributed by atoms with Gasteiger partial charge in [-0.05, 0) is 43.6 Å². The minimum absolute atomic E-state index is 0.0404. The lowest BCUT2D eigenvalue weighted by Crippen LogP contribution is -2.38. The molecule has 0 unspecified atom stereocenters. The number of sulfonamides is 1. The van der Waals surface area contributed by atoms with Crippen molar-refractivity contribution in [3.8, 4) is 0 Å². The lowest BCUT2D eigenvalue weighted by Gasteiger charge is -2.23. The van der Waals surface area contributed by atoms with Crippen molar-refractivity contribution in [1.82, 2.24) is 5.32 Å². The first kappa shape index (κ1) is 13.3. The molecule has 6 heteroatoms. The number of rotatable bonds is 4. The van der Waals surface area contributed by atoms with Gasteiger partial charge < -0.3 is 10.4 Å². The summed E-state index contributed by atoms with van der Waals surface area (Å²) >= 11 is 0. The van der Waals surface area contributed by atoms with Gasteiger partial charge in [0.25, 0.3) is 0 Å². The molecule has 0 amide bonds. The van der Waals surface area contributed by atoms with Gasteiger partial charge in [0, 0.05) is 5.69 Å². The minimum Gasteiger partial charge on any atom is -0.392 e. The summed E-state index contributed by atoms with van der Waals surface area (Å²) < 4.78 is 26.8. The maximum atomic E-state index is 12.1. The molecule has 100 valence electrons. The number of hydrogen-bond donors (Lipinski definition) is 3. The Bertz CT molecular complexity index is 479. The first-order valence-corrected chi connectivity index (χ1v) is 7.58. The highest BCUT2D eigenvalue weighted by Crippen LogP contribution is 2.18. The van der Waals surface area contributed by atoms with Crippen molar-refractivity contribution in [1.29, 1.82) is 0 Å². The maximum Gasteiger partial charge on any atom is 0.235 e. The van der Waals surface area contributed by atoms with Crippen LogP contribution in [0.5, 0.6) is 0 Å². The molecule has 0 aliphatic carbocycles. The molecular weight excluding hydrogens is 252 g/mol. The number of aliphatic hydroxyl groups is 1. The van der Waals surface area contributed by atoms with E-state index in [0.717, 1.165) is 18.7 Å². The molecule has 0 atom stereocenters. The molecule has 1 saturated heterocycles. The normalized spacial score (nSPS) is 17.6. The topological polar surface area (TPSA) is 78.4 Å². The summed E-state index contributed by atoms with van der Waals surface area (Å²) in [6.45, 7) is 1.45. The van der Waals surface area contributed by atoms with E-state index in [2.05, 4.69) is 10.0 Å². The number of benzene rings is 1. The molecule has 3 N–H and O–H groups in total. The van der Waals surface area contributed by atoms with Gasteiger partial charge >= 0.3 is 0 Å². The predicted molar refractivity (Wildman–Crippen MR) is 70.8 cm³/mol. The van der Waals surface area contributed by atoms with Gasteiger partial charge in [-0.1, -0.05) is 12.1 Å². The monoisotopic (exact) mass is 270 g/mol. The number of piperidine rings is 1. The maximum absolute atomic E-state index is 12.1. The number of anilines is 1. The Hall–Kier alpha value is -1.11. The number of nitrogens with one attached hydrogen (secondary N) is 2. The summed E-state index contributed by atoms with van der Waals surface area (Å²) in [4.78, 5) is 0. The summed E-state index contributed by atoms with van der Waals surface area (Å²) in [5.74, 6) is 0. The van der Waals surface area contributed by atoms with Crippen LogP contribution in [-0.4, -0.2) is 31.9 Å². The highest BCUT2D eigenvalue weighted by Gasteiger charge is 2.26. The standard InChI is InChI=1S/C12H18N2O3S/c15-9-10-1-3-11(4-2-10)14-18(16,17)12-5-7-13-8-6-12/h1-4,12-15H,5-9H2. The average Bonchev–Trinajstić information content (AvgIpc) is 2.40. The van der Waals surface area contributed by atoms with E-state index in [-0.39, 0.29) is 11.9 Å². The van der Waals surface area contributed by atoms with Crippen LogP contribution in [0.15, 0.2) is 24.3 Å². The third-order valence-electron chi connectivity index (χ3n) is 3.12. The highest BCUT2D eigenvalue weighted by atomic mass is 32.2. The van der Waals surface area contributed by atoms with Crippen LogP contribution < -0.4 is 10.0 Å². The minimum atomic E-state index is -3.31. The Labute approximate surface area is 107 Å². The van der Waals surface area contributed by atoms with Crippen molar-refractivity contribution in [3.63, 3.8) is 0 Å². The molecule has 0 aromatic heterocycles. The number of aliphatic hydroxyl groups excluding tert-OH is 1. The highest BCUT2D eigenvalue weighted by molar-refractivity contribution is 7.93. The Balaban J connectivity index is 2.06. The largest absolute Gasteiger partial charge is 0.392 e. The zero-order valence-electron chi connectivity index (χ0n) is 10.1. The fourth-order valence-electron chi connectivity index (χ4n) is 2.03. The van der Waals surface area contributed by atoms with Crippen molar-refractivity contribution >= 4 is 15.7 Å². The van der Waals surface area contributed by atoms with E-state index < -0.39 is 10.0 Å². The van der Waals surface area contributed by atoms with Crippen LogP contribution in [0.3, 0.4) is 0 Å². The first-order chi connectivity index (χ1) is 8.62. The molecule has 1 aromatic carbocycles. The van der Waals surface area contributed by atoms with Crippen molar-refractivity contribution in [2.24, 2.45) is 0 Å². The first-order valence-electron chi connectivity index (χ1n) is 6.04. The van der Waals surface area contributed by atoms with Gasteiger partial charge in [0.1, 0.15) is 0 Å². The summed E-state index contributed by atoms with van der Waals surface area (Å²) in [5, 5.41) is 11.7. The van der Waals surface area contributed by atoms with Gasteiger partial charge in [-0.15, -0.1) is 0 Å². The van der Waals surface area contributed by atoms with Crippen LogP contribution in [0.1, 0.15) is 18.4 Å². The van der Waals surface area contributed by atoms with Crippen molar-refractivity contribution in [2.75, 3.05) is 17.8 Å². The van der Waals surface area contributed by atoms with E-state index in [1.54, 1.807) is 24.3 Å². The SMILES string of the molecule is O=S(=O)(Nc1ccc(CO)cc1)C1CCNCC1. The molecule has 0 spiro atoms. The average molecular weight is 270 g/mol. The fraction of sp³-hybridized carbons (Fsp3) is 0.500. The lowest BCUT2D eigenvalue weighted by atomic mass is 10.2. The van der Waals surface area contributed by atoms with Crippen LogP contribution >= 0.6 is 0 Å². The van der Waals surface area contributed by atoms with E-state index in [1.807, 2.05) is 0 Å². The second-order valence-electron chi connectivity index (χ2n) is 4.45. The second kappa shape index (κ2) is 5.69. The summed E-state index contributed by atoms with van der Waals surface area (Å²) in [6.07, 6.45) is 1.29. The predicted octanol–water partition coefficient (Wildman–Crippen LogP) is 0.673. The van der Waals surface area contributed by atoms with Gasteiger partial charge in [0.15, 0.2) is 0 Å². The molecule has 0 saturated carbocycles. The zero-order valence-corrected chi connectivity index (χ0v) is 10.9.